The number of hydrazone groups is 1. The highest BCUT2D eigenvalue weighted by Crippen LogP contribution is 2.09. The second-order valence-electron chi connectivity index (χ2n) is 4.75. The summed E-state index contributed by atoms with van der Waals surface area (Å²) >= 11 is 0. The molecule has 5 nitrogen and oxygen atoms in total. The molecule has 0 heterocycles. The van der Waals surface area contributed by atoms with Crippen LogP contribution in [-0.2, 0) is 4.74 Å². The van der Waals surface area contributed by atoms with Gasteiger partial charge >= 0.3 is 6.09 Å². The van der Waals surface area contributed by atoms with Crippen molar-refractivity contribution in [2.24, 2.45) is 5.10 Å². The molecule has 0 spiro atoms. The lowest BCUT2D eigenvalue weighted by Crippen LogP contribution is -2.42. The van der Waals surface area contributed by atoms with Crippen LogP contribution in [0.5, 0.6) is 0 Å². The third-order valence-corrected chi connectivity index (χ3v) is 1.97. The number of hydrogen-bond donors (Lipinski definition) is 1. The Kier molecular flexibility index (Phi) is 5.85. The molecule has 1 unspecified atom stereocenters. The number of carbonyl (C=O) groups excluding carboxylic acids is 1. The molecule has 16 heavy (non-hydrogen) atoms. The van der Waals surface area contributed by atoms with E-state index < -0.39 is 5.60 Å². The van der Waals surface area contributed by atoms with Gasteiger partial charge in [0, 0.05) is 20.3 Å². The lowest BCUT2D eigenvalue weighted by molar-refractivity contribution is 0.0283. The van der Waals surface area contributed by atoms with Gasteiger partial charge in [-0.05, 0) is 27.2 Å². The molecule has 1 N–H and O–H groups in total. The number of nitrogens with zero attached hydrogens (tertiary/aromatic N) is 2. The average molecular weight is 229 g/mol. The fourth-order valence-corrected chi connectivity index (χ4v) is 1.14. The molecule has 1 atom stereocenters. The van der Waals surface area contributed by atoms with Crippen LogP contribution in [0.2, 0.25) is 0 Å². The summed E-state index contributed by atoms with van der Waals surface area (Å²) in [5.41, 5.74) is 2.38. The topological polar surface area (TPSA) is 53.9 Å². The summed E-state index contributed by atoms with van der Waals surface area (Å²) in [5, 5.41) is 3.62. The molecule has 0 fully saturated rings. The van der Waals surface area contributed by atoms with Gasteiger partial charge < -0.3 is 15.1 Å². The van der Waals surface area contributed by atoms with Crippen molar-refractivity contribution in [2.75, 3.05) is 13.6 Å². The van der Waals surface area contributed by atoms with Crippen molar-refractivity contribution in [3.8, 4) is 0 Å². The number of rotatable bonds is 5. The van der Waals surface area contributed by atoms with E-state index in [0.717, 1.165) is 6.42 Å². The molecular weight excluding hydrogens is 206 g/mol. The first kappa shape index (κ1) is 14.7. The first-order chi connectivity index (χ1) is 7.30. The van der Waals surface area contributed by atoms with Crippen molar-refractivity contribution < 1.29 is 9.53 Å². The van der Waals surface area contributed by atoms with Crippen LogP contribution in [0.3, 0.4) is 0 Å². The maximum absolute atomic E-state index is 11.6. The quantitative estimate of drug-likeness (QED) is 0.578. The van der Waals surface area contributed by atoms with Gasteiger partial charge in [0.1, 0.15) is 5.60 Å². The smallest absolute Gasteiger partial charge is 0.410 e. The van der Waals surface area contributed by atoms with E-state index in [-0.39, 0.29) is 12.1 Å². The fraction of sp³-hybridized carbons (Fsp3) is 0.818. The highest BCUT2D eigenvalue weighted by molar-refractivity contribution is 5.67. The zero-order valence-corrected chi connectivity index (χ0v) is 10.9. The zero-order valence-electron chi connectivity index (χ0n) is 10.9. The largest absolute Gasteiger partial charge is 0.444 e. The van der Waals surface area contributed by atoms with Crippen molar-refractivity contribution in [1.29, 1.82) is 0 Å². The lowest BCUT2D eigenvalue weighted by Gasteiger charge is -2.27. The minimum absolute atomic E-state index is 0.106. The zero-order chi connectivity index (χ0) is 12.8. The summed E-state index contributed by atoms with van der Waals surface area (Å²) in [7, 11) is 1.71. The molecule has 0 rings (SSSR count). The monoisotopic (exact) mass is 229 g/mol. The van der Waals surface area contributed by atoms with Gasteiger partial charge in [0.05, 0.1) is 6.04 Å². The third-order valence-electron chi connectivity index (χ3n) is 1.97. The van der Waals surface area contributed by atoms with Crippen LogP contribution in [0.4, 0.5) is 4.79 Å². The molecule has 0 radical (unpaired) electrons. The highest BCUT2D eigenvalue weighted by atomic mass is 16.6. The number of carbonyl (C=O) groups is 1. The van der Waals surface area contributed by atoms with Gasteiger partial charge in [-0.1, -0.05) is 6.92 Å². The van der Waals surface area contributed by atoms with Gasteiger partial charge in [-0.3, -0.25) is 0 Å². The molecule has 0 aromatic rings. The predicted molar refractivity (Wildman–Crippen MR) is 65.6 cm³/mol. The molecule has 1 amide bonds. The van der Waals surface area contributed by atoms with Gasteiger partial charge in [-0.15, -0.1) is 0 Å². The Bertz CT molecular complexity index is 236. The van der Waals surface area contributed by atoms with Crippen molar-refractivity contribution in [3.63, 3.8) is 0 Å². The van der Waals surface area contributed by atoms with Crippen molar-refractivity contribution in [2.45, 2.75) is 45.8 Å². The lowest BCUT2D eigenvalue weighted by atomic mass is 10.2. The van der Waals surface area contributed by atoms with E-state index in [0.29, 0.717) is 6.54 Å². The van der Waals surface area contributed by atoms with E-state index >= 15 is 0 Å². The highest BCUT2D eigenvalue weighted by Gasteiger charge is 2.21. The maximum atomic E-state index is 11.6. The summed E-state index contributed by atoms with van der Waals surface area (Å²) in [6.45, 7) is 11.5. The summed E-state index contributed by atoms with van der Waals surface area (Å²) in [4.78, 5) is 13.2. The molecule has 5 heteroatoms. The molecule has 94 valence electrons. The number of nitrogens with one attached hydrogen (secondary N) is 1. The van der Waals surface area contributed by atoms with E-state index in [4.69, 9.17) is 4.74 Å². The van der Waals surface area contributed by atoms with Crippen molar-refractivity contribution >= 4 is 12.8 Å². The average Bonchev–Trinajstić information content (AvgIpc) is 2.14. The normalized spacial score (nSPS) is 12.8. The van der Waals surface area contributed by atoms with E-state index in [1.807, 2.05) is 27.7 Å². The molecule has 0 bridgehead atoms. The van der Waals surface area contributed by atoms with E-state index in [1.165, 1.54) is 4.90 Å². The molecule has 0 aromatic heterocycles. The predicted octanol–water partition coefficient (Wildman–Crippen LogP) is 1.84. The first-order valence-electron chi connectivity index (χ1n) is 5.45. The van der Waals surface area contributed by atoms with Crippen LogP contribution in [0.1, 0.15) is 34.1 Å². The van der Waals surface area contributed by atoms with Crippen molar-refractivity contribution in [1.82, 2.24) is 10.3 Å². The fourth-order valence-electron chi connectivity index (χ4n) is 1.14. The summed E-state index contributed by atoms with van der Waals surface area (Å²) in [5.74, 6) is 0. The molecule has 0 saturated heterocycles. The van der Waals surface area contributed by atoms with E-state index in [1.54, 1.807) is 7.05 Å². The standard InChI is InChI=1S/C11H23N3O2/c1-7-9(13-12-5)8-14(6)10(15)16-11(2,3)4/h9,13H,5,7-8H2,1-4,6H3. The minimum atomic E-state index is -0.461. The van der Waals surface area contributed by atoms with Crippen molar-refractivity contribution in [3.05, 3.63) is 0 Å². The molecule has 0 aromatic carbocycles. The number of amides is 1. The number of ether oxygens (including phenoxy) is 1. The number of likely N-dealkylation sites (N-methyl/N-ethyl adjacent to an activating group) is 1. The Labute approximate surface area is 97.8 Å². The second-order valence-corrected chi connectivity index (χ2v) is 4.75. The molecule has 0 aliphatic heterocycles. The van der Waals surface area contributed by atoms with E-state index in [2.05, 4.69) is 17.2 Å². The third kappa shape index (κ3) is 6.27. The number of hydrogen-bond acceptors (Lipinski definition) is 4. The maximum Gasteiger partial charge on any atom is 0.410 e. The Balaban J connectivity index is 4.17. The molecule has 0 aliphatic rings. The molecule has 0 saturated carbocycles. The van der Waals surface area contributed by atoms with Gasteiger partial charge in [0.15, 0.2) is 0 Å². The Morgan fingerprint density at radius 1 is 1.56 bits per heavy atom. The first-order valence-corrected chi connectivity index (χ1v) is 5.45. The minimum Gasteiger partial charge on any atom is -0.444 e. The van der Waals surface area contributed by atoms with Gasteiger partial charge in [0.25, 0.3) is 0 Å². The summed E-state index contributed by atoms with van der Waals surface area (Å²) in [6.07, 6.45) is 0.545. The summed E-state index contributed by atoms with van der Waals surface area (Å²) in [6, 6.07) is 0.106. The van der Waals surface area contributed by atoms with E-state index in [9.17, 15) is 4.79 Å². The van der Waals surface area contributed by atoms with Gasteiger partial charge in [0.2, 0.25) is 0 Å². The van der Waals surface area contributed by atoms with Crippen LogP contribution in [-0.4, -0.2) is 42.9 Å². The SMILES string of the molecule is C=NNC(CC)CN(C)C(=O)OC(C)(C)C. The van der Waals surface area contributed by atoms with Crippen LogP contribution in [0.15, 0.2) is 5.10 Å². The van der Waals surface area contributed by atoms with Crippen LogP contribution < -0.4 is 5.43 Å². The van der Waals surface area contributed by atoms with Crippen LogP contribution in [0, 0.1) is 0 Å². The van der Waals surface area contributed by atoms with Gasteiger partial charge in [-0.25, -0.2) is 4.79 Å². The van der Waals surface area contributed by atoms with Gasteiger partial charge in [-0.2, -0.15) is 5.10 Å². The Morgan fingerprint density at radius 2 is 2.12 bits per heavy atom. The summed E-state index contributed by atoms with van der Waals surface area (Å²) < 4.78 is 5.24. The Morgan fingerprint density at radius 3 is 2.50 bits per heavy atom. The van der Waals surface area contributed by atoms with Crippen LogP contribution in [0.25, 0.3) is 0 Å². The second kappa shape index (κ2) is 6.35. The Hall–Kier alpha value is -1.26. The molecule has 0 aliphatic carbocycles. The molecular formula is C11H23N3O2. The van der Waals surface area contributed by atoms with Crippen LogP contribution >= 0.6 is 0 Å².